The van der Waals surface area contributed by atoms with Gasteiger partial charge in [0.1, 0.15) is 0 Å². The number of amides is 1. The van der Waals surface area contributed by atoms with E-state index in [4.69, 9.17) is 5.73 Å². The average molecular weight is 229 g/mol. The van der Waals surface area contributed by atoms with Crippen molar-refractivity contribution >= 4 is 5.91 Å². The van der Waals surface area contributed by atoms with Crippen molar-refractivity contribution in [3.63, 3.8) is 0 Å². The zero-order valence-electron chi connectivity index (χ0n) is 11.2. The standard InChI is InChI=1S/C12H27N3O/c1-5-8-15(9-6-2)10-7-12(3,14-4)11(13)16/h14H,5-10H2,1-4H3,(H2,13,16). The van der Waals surface area contributed by atoms with Gasteiger partial charge in [0.25, 0.3) is 0 Å². The summed E-state index contributed by atoms with van der Waals surface area (Å²) >= 11 is 0. The molecular weight excluding hydrogens is 202 g/mol. The number of nitrogens with zero attached hydrogens (tertiary/aromatic N) is 1. The van der Waals surface area contributed by atoms with E-state index >= 15 is 0 Å². The lowest BCUT2D eigenvalue weighted by Gasteiger charge is -2.29. The normalized spacial score (nSPS) is 15.1. The van der Waals surface area contributed by atoms with Crippen LogP contribution in [-0.2, 0) is 4.79 Å². The number of carbonyl (C=O) groups excluding carboxylic acids is 1. The minimum atomic E-state index is -0.584. The fourth-order valence-electron chi connectivity index (χ4n) is 1.72. The van der Waals surface area contributed by atoms with E-state index in [-0.39, 0.29) is 5.91 Å². The maximum absolute atomic E-state index is 11.3. The molecule has 4 heteroatoms. The molecule has 1 atom stereocenters. The fourth-order valence-corrected chi connectivity index (χ4v) is 1.72. The highest BCUT2D eigenvalue weighted by molar-refractivity contribution is 5.84. The van der Waals surface area contributed by atoms with E-state index in [1.54, 1.807) is 7.05 Å². The van der Waals surface area contributed by atoms with Crippen LogP contribution in [0.3, 0.4) is 0 Å². The van der Waals surface area contributed by atoms with Crippen LogP contribution >= 0.6 is 0 Å². The number of primary amides is 1. The van der Waals surface area contributed by atoms with Crippen LogP contribution in [0.25, 0.3) is 0 Å². The van der Waals surface area contributed by atoms with Crippen molar-refractivity contribution in [2.24, 2.45) is 5.73 Å². The van der Waals surface area contributed by atoms with Gasteiger partial charge in [-0.25, -0.2) is 0 Å². The number of rotatable bonds is 9. The molecule has 16 heavy (non-hydrogen) atoms. The third-order valence-corrected chi connectivity index (χ3v) is 3.10. The molecule has 0 rings (SSSR count). The average Bonchev–Trinajstić information content (AvgIpc) is 2.25. The van der Waals surface area contributed by atoms with Gasteiger partial charge in [-0.2, -0.15) is 0 Å². The van der Waals surface area contributed by atoms with E-state index in [9.17, 15) is 4.79 Å². The highest BCUT2D eigenvalue weighted by Crippen LogP contribution is 2.10. The lowest BCUT2D eigenvalue weighted by Crippen LogP contribution is -2.53. The topological polar surface area (TPSA) is 58.4 Å². The minimum Gasteiger partial charge on any atom is -0.368 e. The Morgan fingerprint density at radius 2 is 1.75 bits per heavy atom. The van der Waals surface area contributed by atoms with Crippen LogP contribution < -0.4 is 11.1 Å². The molecule has 3 N–H and O–H groups in total. The van der Waals surface area contributed by atoms with E-state index in [2.05, 4.69) is 24.1 Å². The monoisotopic (exact) mass is 229 g/mol. The Labute approximate surface area is 99.6 Å². The Morgan fingerprint density at radius 3 is 2.06 bits per heavy atom. The van der Waals surface area contributed by atoms with Crippen molar-refractivity contribution in [3.05, 3.63) is 0 Å². The molecule has 0 spiro atoms. The Morgan fingerprint density at radius 1 is 1.25 bits per heavy atom. The van der Waals surface area contributed by atoms with E-state index in [0.717, 1.165) is 38.9 Å². The lowest BCUT2D eigenvalue weighted by molar-refractivity contribution is -0.124. The van der Waals surface area contributed by atoms with Crippen LogP contribution in [0.4, 0.5) is 0 Å². The van der Waals surface area contributed by atoms with Crippen molar-refractivity contribution in [1.82, 2.24) is 10.2 Å². The third-order valence-electron chi connectivity index (χ3n) is 3.10. The summed E-state index contributed by atoms with van der Waals surface area (Å²) in [7, 11) is 1.79. The van der Waals surface area contributed by atoms with E-state index in [0.29, 0.717) is 0 Å². The SMILES string of the molecule is CCCN(CCC)CCC(C)(NC)C(N)=O. The Hall–Kier alpha value is -0.610. The molecule has 0 aliphatic rings. The van der Waals surface area contributed by atoms with Crippen molar-refractivity contribution in [1.29, 1.82) is 0 Å². The van der Waals surface area contributed by atoms with Gasteiger partial charge in [0, 0.05) is 6.54 Å². The van der Waals surface area contributed by atoms with Crippen LogP contribution in [0.15, 0.2) is 0 Å². The fraction of sp³-hybridized carbons (Fsp3) is 0.917. The molecule has 1 unspecified atom stereocenters. The molecule has 96 valence electrons. The van der Waals surface area contributed by atoms with Crippen molar-refractivity contribution in [3.8, 4) is 0 Å². The number of hydrogen-bond acceptors (Lipinski definition) is 3. The summed E-state index contributed by atoms with van der Waals surface area (Å²) in [6.07, 6.45) is 3.05. The summed E-state index contributed by atoms with van der Waals surface area (Å²) in [4.78, 5) is 13.7. The summed E-state index contributed by atoms with van der Waals surface area (Å²) < 4.78 is 0. The van der Waals surface area contributed by atoms with Gasteiger partial charge in [-0.1, -0.05) is 13.8 Å². The second-order valence-corrected chi connectivity index (χ2v) is 4.54. The molecule has 0 aromatic rings. The third kappa shape index (κ3) is 4.94. The maximum Gasteiger partial charge on any atom is 0.237 e. The van der Waals surface area contributed by atoms with Crippen molar-refractivity contribution in [2.45, 2.75) is 45.6 Å². The van der Waals surface area contributed by atoms with Gasteiger partial charge < -0.3 is 16.0 Å². The van der Waals surface area contributed by atoms with Gasteiger partial charge >= 0.3 is 0 Å². The molecule has 0 radical (unpaired) electrons. The lowest BCUT2D eigenvalue weighted by atomic mass is 9.97. The van der Waals surface area contributed by atoms with Gasteiger partial charge in [0.2, 0.25) is 5.91 Å². The highest BCUT2D eigenvalue weighted by Gasteiger charge is 2.28. The van der Waals surface area contributed by atoms with Crippen LogP contribution in [0.2, 0.25) is 0 Å². The van der Waals surface area contributed by atoms with Crippen LogP contribution in [0.1, 0.15) is 40.0 Å². The molecule has 0 bridgehead atoms. The van der Waals surface area contributed by atoms with Crippen LogP contribution in [0.5, 0.6) is 0 Å². The molecule has 0 heterocycles. The largest absolute Gasteiger partial charge is 0.368 e. The smallest absolute Gasteiger partial charge is 0.237 e. The molecular formula is C12H27N3O. The number of carbonyl (C=O) groups is 1. The number of likely N-dealkylation sites (N-methyl/N-ethyl adjacent to an activating group) is 1. The first kappa shape index (κ1) is 15.4. The first-order valence-electron chi connectivity index (χ1n) is 6.21. The molecule has 0 aliphatic heterocycles. The van der Waals surface area contributed by atoms with Gasteiger partial charge in [0.05, 0.1) is 5.54 Å². The minimum absolute atomic E-state index is 0.275. The molecule has 0 saturated heterocycles. The summed E-state index contributed by atoms with van der Waals surface area (Å²) in [5, 5.41) is 3.02. The zero-order chi connectivity index (χ0) is 12.6. The molecule has 1 amide bonds. The van der Waals surface area contributed by atoms with E-state index in [1.807, 2.05) is 6.92 Å². The van der Waals surface area contributed by atoms with Gasteiger partial charge in [-0.15, -0.1) is 0 Å². The summed E-state index contributed by atoms with van der Waals surface area (Å²) in [6, 6.07) is 0. The molecule has 0 saturated carbocycles. The first-order valence-corrected chi connectivity index (χ1v) is 6.21. The molecule has 0 fully saturated rings. The van der Waals surface area contributed by atoms with E-state index in [1.165, 1.54) is 0 Å². The number of hydrogen-bond donors (Lipinski definition) is 2. The second kappa shape index (κ2) is 7.63. The molecule has 0 aromatic heterocycles. The van der Waals surface area contributed by atoms with Crippen molar-refractivity contribution in [2.75, 3.05) is 26.7 Å². The quantitative estimate of drug-likeness (QED) is 0.619. The molecule has 0 aromatic carbocycles. The maximum atomic E-state index is 11.3. The first-order chi connectivity index (χ1) is 7.50. The predicted molar refractivity (Wildman–Crippen MR) is 68.3 cm³/mol. The Kier molecular flexibility index (Phi) is 7.34. The highest BCUT2D eigenvalue weighted by atomic mass is 16.1. The van der Waals surface area contributed by atoms with Gasteiger partial charge in [-0.05, 0) is 46.3 Å². The molecule has 0 aliphatic carbocycles. The number of nitrogens with two attached hydrogens (primary N) is 1. The predicted octanol–water partition coefficient (Wildman–Crippen LogP) is 0.962. The van der Waals surface area contributed by atoms with Gasteiger partial charge in [-0.3, -0.25) is 4.79 Å². The second-order valence-electron chi connectivity index (χ2n) is 4.54. The van der Waals surface area contributed by atoms with Crippen LogP contribution in [0, 0.1) is 0 Å². The van der Waals surface area contributed by atoms with Gasteiger partial charge in [0.15, 0.2) is 0 Å². The zero-order valence-corrected chi connectivity index (χ0v) is 11.2. The van der Waals surface area contributed by atoms with Crippen molar-refractivity contribution < 1.29 is 4.79 Å². The Bertz CT molecular complexity index is 202. The molecule has 4 nitrogen and oxygen atoms in total. The Balaban J connectivity index is 4.20. The van der Waals surface area contributed by atoms with Crippen LogP contribution in [-0.4, -0.2) is 43.0 Å². The van der Waals surface area contributed by atoms with E-state index < -0.39 is 5.54 Å². The summed E-state index contributed by atoms with van der Waals surface area (Å²) in [5.74, 6) is -0.275. The summed E-state index contributed by atoms with van der Waals surface area (Å²) in [5.41, 5.74) is 4.81. The summed E-state index contributed by atoms with van der Waals surface area (Å²) in [6.45, 7) is 9.31. The number of nitrogens with one attached hydrogen (secondary N) is 1.